The first-order valence-corrected chi connectivity index (χ1v) is 7.51. The van der Waals surface area contributed by atoms with Crippen molar-refractivity contribution in [2.75, 3.05) is 13.1 Å². The van der Waals surface area contributed by atoms with Gasteiger partial charge in [0.05, 0.1) is 18.3 Å². The van der Waals surface area contributed by atoms with Crippen molar-refractivity contribution in [1.29, 1.82) is 5.26 Å². The van der Waals surface area contributed by atoms with Crippen LogP contribution in [0, 0.1) is 22.7 Å². The van der Waals surface area contributed by atoms with Crippen molar-refractivity contribution < 1.29 is 9.53 Å². The largest absolute Gasteiger partial charge is 0.375 e. The van der Waals surface area contributed by atoms with Gasteiger partial charge >= 0.3 is 0 Å². The van der Waals surface area contributed by atoms with E-state index in [4.69, 9.17) is 4.74 Å². The van der Waals surface area contributed by atoms with Gasteiger partial charge in [-0.3, -0.25) is 4.79 Å². The summed E-state index contributed by atoms with van der Waals surface area (Å²) in [5.74, 6) is 0.565. The van der Waals surface area contributed by atoms with Crippen LogP contribution in [-0.2, 0) is 9.53 Å². The molecule has 1 aliphatic carbocycles. The van der Waals surface area contributed by atoms with Gasteiger partial charge in [-0.25, -0.2) is 0 Å². The van der Waals surface area contributed by atoms with Crippen molar-refractivity contribution in [2.45, 2.75) is 57.7 Å². The number of rotatable bonds is 1. The highest BCUT2D eigenvalue weighted by atomic mass is 16.5. The first-order valence-electron chi connectivity index (χ1n) is 7.51. The molecule has 0 aromatic rings. The summed E-state index contributed by atoms with van der Waals surface area (Å²) in [6, 6.07) is 2.32. The Bertz CT molecular complexity index is 409. The van der Waals surface area contributed by atoms with Crippen molar-refractivity contribution in [2.24, 2.45) is 11.3 Å². The van der Waals surface area contributed by atoms with E-state index in [2.05, 4.69) is 13.0 Å². The minimum absolute atomic E-state index is 0.0884. The highest BCUT2D eigenvalue weighted by Gasteiger charge is 2.47. The Labute approximate surface area is 114 Å². The molecule has 3 atom stereocenters. The van der Waals surface area contributed by atoms with Crippen molar-refractivity contribution >= 4 is 5.91 Å². The zero-order chi connectivity index (χ0) is 13.5. The van der Waals surface area contributed by atoms with Crippen LogP contribution in [0.1, 0.15) is 45.4 Å². The van der Waals surface area contributed by atoms with E-state index in [0.29, 0.717) is 18.1 Å². The molecule has 0 aromatic heterocycles. The van der Waals surface area contributed by atoms with Crippen LogP contribution in [0.25, 0.3) is 0 Å². The predicted octanol–water partition coefficient (Wildman–Crippen LogP) is 2.10. The number of piperidine rings is 1. The topological polar surface area (TPSA) is 53.3 Å². The zero-order valence-corrected chi connectivity index (χ0v) is 11.6. The normalized spacial score (nSPS) is 36.8. The summed E-state index contributed by atoms with van der Waals surface area (Å²) in [6.45, 7) is 3.66. The Morgan fingerprint density at radius 2 is 2.16 bits per heavy atom. The number of fused-ring (bicyclic) bond motifs is 1. The van der Waals surface area contributed by atoms with E-state index >= 15 is 0 Å². The number of ether oxygens (including phenoxy) is 1. The summed E-state index contributed by atoms with van der Waals surface area (Å²) >= 11 is 0. The SMILES string of the molecule is C[C@H]1C[C@H]2CN(C(=O)C3(C#N)CCCC3)CC[C@@H]2O1. The number of carbonyl (C=O) groups is 1. The third-order valence-electron chi connectivity index (χ3n) is 5.07. The molecule has 2 saturated heterocycles. The Balaban J connectivity index is 1.70. The molecule has 4 nitrogen and oxygen atoms in total. The second-order valence-corrected chi connectivity index (χ2v) is 6.42. The van der Waals surface area contributed by atoms with E-state index < -0.39 is 5.41 Å². The first kappa shape index (κ1) is 12.9. The number of carbonyl (C=O) groups excluding carboxylic acids is 1. The van der Waals surface area contributed by atoms with Crippen LogP contribution in [0.15, 0.2) is 0 Å². The summed E-state index contributed by atoms with van der Waals surface area (Å²) in [5, 5.41) is 9.42. The number of nitriles is 1. The molecule has 104 valence electrons. The van der Waals surface area contributed by atoms with E-state index in [1.54, 1.807) is 0 Å². The summed E-state index contributed by atoms with van der Waals surface area (Å²) < 4.78 is 5.87. The molecule has 3 rings (SSSR count). The molecule has 2 heterocycles. The van der Waals surface area contributed by atoms with Gasteiger partial charge in [0.25, 0.3) is 0 Å². The fourth-order valence-corrected chi connectivity index (χ4v) is 4.04. The third-order valence-corrected chi connectivity index (χ3v) is 5.07. The molecule has 0 unspecified atom stereocenters. The second kappa shape index (κ2) is 4.79. The fourth-order valence-electron chi connectivity index (χ4n) is 4.04. The number of likely N-dealkylation sites (tertiary alicyclic amines) is 1. The molecule has 0 bridgehead atoms. The van der Waals surface area contributed by atoms with Gasteiger partial charge < -0.3 is 9.64 Å². The summed E-state index contributed by atoms with van der Waals surface area (Å²) in [7, 11) is 0. The number of nitrogens with zero attached hydrogens (tertiary/aromatic N) is 2. The zero-order valence-electron chi connectivity index (χ0n) is 11.6. The van der Waals surface area contributed by atoms with Gasteiger partial charge in [0.2, 0.25) is 5.91 Å². The van der Waals surface area contributed by atoms with E-state index in [-0.39, 0.29) is 5.91 Å². The maximum absolute atomic E-state index is 12.7. The van der Waals surface area contributed by atoms with Crippen LogP contribution in [0.5, 0.6) is 0 Å². The molecule has 2 aliphatic heterocycles. The maximum Gasteiger partial charge on any atom is 0.243 e. The van der Waals surface area contributed by atoms with E-state index in [9.17, 15) is 10.1 Å². The van der Waals surface area contributed by atoms with Crippen LogP contribution < -0.4 is 0 Å². The summed E-state index contributed by atoms with van der Waals surface area (Å²) in [6.07, 6.45) is 6.16. The van der Waals surface area contributed by atoms with Crippen LogP contribution in [0.4, 0.5) is 0 Å². The van der Waals surface area contributed by atoms with Gasteiger partial charge in [-0.05, 0) is 32.6 Å². The fraction of sp³-hybridized carbons (Fsp3) is 0.867. The van der Waals surface area contributed by atoms with E-state index in [1.807, 2.05) is 4.90 Å². The Morgan fingerprint density at radius 1 is 1.42 bits per heavy atom. The Kier molecular flexibility index (Phi) is 3.26. The molecule has 0 N–H and O–H groups in total. The Morgan fingerprint density at radius 3 is 2.84 bits per heavy atom. The Hall–Kier alpha value is -1.08. The molecule has 1 amide bonds. The van der Waals surface area contributed by atoms with Gasteiger partial charge in [0.1, 0.15) is 5.41 Å². The van der Waals surface area contributed by atoms with Crippen LogP contribution in [0.3, 0.4) is 0 Å². The minimum atomic E-state index is -0.710. The highest BCUT2D eigenvalue weighted by molar-refractivity contribution is 5.86. The minimum Gasteiger partial charge on any atom is -0.375 e. The highest BCUT2D eigenvalue weighted by Crippen LogP contribution is 2.41. The van der Waals surface area contributed by atoms with Gasteiger partial charge in [-0.1, -0.05) is 12.8 Å². The average molecular weight is 262 g/mol. The van der Waals surface area contributed by atoms with Crippen molar-refractivity contribution in [1.82, 2.24) is 4.90 Å². The molecule has 0 aromatic carbocycles. The molecule has 3 fully saturated rings. The molecule has 0 radical (unpaired) electrons. The molecule has 19 heavy (non-hydrogen) atoms. The lowest BCUT2D eigenvalue weighted by Gasteiger charge is -2.37. The lowest BCUT2D eigenvalue weighted by Crippen LogP contribution is -2.49. The quantitative estimate of drug-likeness (QED) is 0.727. The molecular weight excluding hydrogens is 240 g/mol. The van der Waals surface area contributed by atoms with E-state index in [1.165, 1.54) is 0 Å². The van der Waals surface area contributed by atoms with Crippen molar-refractivity contribution in [3.8, 4) is 6.07 Å². The lowest BCUT2D eigenvalue weighted by molar-refractivity contribution is -0.142. The number of amides is 1. The smallest absolute Gasteiger partial charge is 0.243 e. The van der Waals surface area contributed by atoms with Crippen molar-refractivity contribution in [3.05, 3.63) is 0 Å². The maximum atomic E-state index is 12.7. The second-order valence-electron chi connectivity index (χ2n) is 6.42. The van der Waals surface area contributed by atoms with Gasteiger partial charge in [-0.2, -0.15) is 5.26 Å². The predicted molar refractivity (Wildman–Crippen MR) is 70.2 cm³/mol. The average Bonchev–Trinajstić information content (AvgIpc) is 3.02. The van der Waals surface area contributed by atoms with Crippen LogP contribution in [0.2, 0.25) is 0 Å². The number of hydrogen-bond acceptors (Lipinski definition) is 3. The monoisotopic (exact) mass is 262 g/mol. The van der Waals surface area contributed by atoms with Crippen molar-refractivity contribution in [3.63, 3.8) is 0 Å². The summed E-state index contributed by atoms with van der Waals surface area (Å²) in [5.41, 5.74) is -0.710. The van der Waals surface area contributed by atoms with E-state index in [0.717, 1.165) is 51.6 Å². The van der Waals surface area contributed by atoms with Crippen LogP contribution in [-0.4, -0.2) is 36.1 Å². The molecule has 1 saturated carbocycles. The lowest BCUT2D eigenvalue weighted by atomic mass is 9.84. The number of hydrogen-bond donors (Lipinski definition) is 0. The standard InChI is InChI=1S/C15H22N2O2/c1-11-8-12-9-17(7-4-13(12)19-11)14(18)15(10-16)5-2-3-6-15/h11-13H,2-9H2,1H3/t11-,12-,13-/m0/s1. The first-order chi connectivity index (χ1) is 9.14. The molecule has 4 heteroatoms. The third kappa shape index (κ3) is 2.14. The molecular formula is C15H22N2O2. The molecule has 3 aliphatic rings. The van der Waals surface area contributed by atoms with Gasteiger partial charge in [0.15, 0.2) is 0 Å². The van der Waals surface area contributed by atoms with Gasteiger partial charge in [0, 0.05) is 19.0 Å². The van der Waals surface area contributed by atoms with Crippen LogP contribution >= 0.6 is 0 Å². The summed E-state index contributed by atoms with van der Waals surface area (Å²) in [4.78, 5) is 14.6. The molecule has 0 spiro atoms. The van der Waals surface area contributed by atoms with Gasteiger partial charge in [-0.15, -0.1) is 0 Å².